The van der Waals surface area contributed by atoms with Crippen LogP contribution in [-0.4, -0.2) is 11.7 Å². The summed E-state index contributed by atoms with van der Waals surface area (Å²) in [5.74, 6) is 0. The third-order valence-electron chi connectivity index (χ3n) is 1.24. The third kappa shape index (κ3) is 1.49. The lowest BCUT2D eigenvalue weighted by molar-refractivity contribution is 0.268. The van der Waals surface area contributed by atoms with Gasteiger partial charge in [0, 0.05) is 5.56 Å². The van der Waals surface area contributed by atoms with Gasteiger partial charge in [-0.15, -0.1) is 11.3 Å². The average Bonchev–Trinajstić information content (AvgIpc) is 2.34. The van der Waals surface area contributed by atoms with E-state index in [9.17, 15) is 0 Å². The zero-order chi connectivity index (χ0) is 7.56. The fourth-order valence-electron chi connectivity index (χ4n) is 0.668. The second-order valence-corrected chi connectivity index (χ2v) is 3.46. The normalized spacial score (nSPS) is 13.5. The van der Waals surface area contributed by atoms with Crippen LogP contribution in [0.25, 0.3) is 0 Å². The van der Waals surface area contributed by atoms with Gasteiger partial charge >= 0.3 is 0 Å². The van der Waals surface area contributed by atoms with E-state index in [0.29, 0.717) is 4.34 Å². The van der Waals surface area contributed by atoms with Crippen molar-refractivity contribution in [3.63, 3.8) is 0 Å². The SMILES string of the molecule is NC(CO)c1ccsc1Cl. The van der Waals surface area contributed by atoms with E-state index in [-0.39, 0.29) is 12.6 Å². The molecule has 1 heterocycles. The zero-order valence-corrected chi connectivity index (χ0v) is 6.82. The summed E-state index contributed by atoms with van der Waals surface area (Å²) in [5.41, 5.74) is 6.34. The number of hydrogen-bond donors (Lipinski definition) is 2. The van der Waals surface area contributed by atoms with Gasteiger partial charge in [-0.1, -0.05) is 11.6 Å². The van der Waals surface area contributed by atoms with Crippen molar-refractivity contribution in [3.05, 3.63) is 21.3 Å². The van der Waals surface area contributed by atoms with Crippen LogP contribution in [0.3, 0.4) is 0 Å². The fraction of sp³-hybridized carbons (Fsp3) is 0.333. The summed E-state index contributed by atoms with van der Waals surface area (Å²) in [6.45, 7) is -0.0591. The Balaban J connectivity index is 2.82. The maximum Gasteiger partial charge on any atom is 0.0977 e. The van der Waals surface area contributed by atoms with E-state index in [1.807, 2.05) is 11.4 Å². The van der Waals surface area contributed by atoms with Crippen LogP contribution < -0.4 is 5.73 Å². The number of halogens is 1. The number of aliphatic hydroxyl groups excluding tert-OH is 1. The highest BCUT2D eigenvalue weighted by Crippen LogP contribution is 2.26. The van der Waals surface area contributed by atoms with E-state index in [2.05, 4.69) is 0 Å². The highest BCUT2D eigenvalue weighted by Gasteiger charge is 2.08. The first-order valence-electron chi connectivity index (χ1n) is 2.85. The van der Waals surface area contributed by atoms with Crippen molar-refractivity contribution in [2.45, 2.75) is 6.04 Å². The molecule has 0 saturated heterocycles. The monoisotopic (exact) mass is 177 g/mol. The van der Waals surface area contributed by atoms with Crippen molar-refractivity contribution in [2.75, 3.05) is 6.61 Å². The molecule has 1 atom stereocenters. The molecular formula is C6H8ClNOS. The first-order valence-corrected chi connectivity index (χ1v) is 4.10. The van der Waals surface area contributed by atoms with Gasteiger partial charge in [0.15, 0.2) is 0 Å². The molecule has 3 N–H and O–H groups in total. The quantitative estimate of drug-likeness (QED) is 0.718. The van der Waals surface area contributed by atoms with Gasteiger partial charge < -0.3 is 10.8 Å². The maximum atomic E-state index is 8.65. The van der Waals surface area contributed by atoms with Crippen LogP contribution in [0.2, 0.25) is 4.34 Å². The molecular weight excluding hydrogens is 170 g/mol. The molecule has 2 nitrogen and oxygen atoms in total. The lowest BCUT2D eigenvalue weighted by Gasteiger charge is -2.04. The van der Waals surface area contributed by atoms with Crippen LogP contribution in [0, 0.1) is 0 Å². The number of rotatable bonds is 2. The van der Waals surface area contributed by atoms with Crippen molar-refractivity contribution < 1.29 is 5.11 Å². The summed E-state index contributed by atoms with van der Waals surface area (Å²) in [6.07, 6.45) is 0. The predicted octanol–water partition coefficient (Wildman–Crippen LogP) is 1.39. The molecule has 1 rings (SSSR count). The number of nitrogens with two attached hydrogens (primary N) is 1. The van der Waals surface area contributed by atoms with Crippen molar-refractivity contribution in [1.29, 1.82) is 0 Å². The summed E-state index contributed by atoms with van der Waals surface area (Å²) in [5, 5.41) is 10.5. The zero-order valence-electron chi connectivity index (χ0n) is 5.25. The highest BCUT2D eigenvalue weighted by molar-refractivity contribution is 7.14. The molecule has 0 aliphatic rings. The minimum atomic E-state index is -0.334. The van der Waals surface area contributed by atoms with Crippen LogP contribution in [0.4, 0.5) is 0 Å². The Kier molecular flexibility index (Phi) is 2.68. The molecule has 0 spiro atoms. The summed E-state index contributed by atoms with van der Waals surface area (Å²) in [7, 11) is 0. The largest absolute Gasteiger partial charge is 0.394 e. The van der Waals surface area contributed by atoms with Crippen LogP contribution in [0.5, 0.6) is 0 Å². The van der Waals surface area contributed by atoms with Crippen LogP contribution >= 0.6 is 22.9 Å². The van der Waals surface area contributed by atoms with E-state index in [0.717, 1.165) is 5.56 Å². The molecule has 1 aromatic rings. The molecule has 0 radical (unpaired) electrons. The Bertz CT molecular complexity index is 213. The Morgan fingerprint density at radius 2 is 2.50 bits per heavy atom. The van der Waals surface area contributed by atoms with Gasteiger partial charge in [-0.05, 0) is 11.4 Å². The lowest BCUT2D eigenvalue weighted by Crippen LogP contribution is -2.13. The molecule has 0 amide bonds. The molecule has 1 unspecified atom stereocenters. The van der Waals surface area contributed by atoms with Gasteiger partial charge in [0.1, 0.15) is 0 Å². The molecule has 10 heavy (non-hydrogen) atoms. The summed E-state index contributed by atoms with van der Waals surface area (Å²) in [4.78, 5) is 0. The minimum absolute atomic E-state index is 0.0591. The van der Waals surface area contributed by atoms with E-state index in [4.69, 9.17) is 22.4 Å². The molecule has 4 heteroatoms. The average molecular weight is 178 g/mol. The molecule has 0 bridgehead atoms. The number of aliphatic hydroxyl groups is 1. The standard InChI is InChI=1S/C6H8ClNOS/c7-6-4(1-2-10-6)5(8)3-9/h1-2,5,9H,3,8H2. The van der Waals surface area contributed by atoms with Gasteiger partial charge in [0.2, 0.25) is 0 Å². The molecule has 0 fully saturated rings. The van der Waals surface area contributed by atoms with Crippen LogP contribution in [-0.2, 0) is 0 Å². The van der Waals surface area contributed by atoms with Gasteiger partial charge in [-0.2, -0.15) is 0 Å². The summed E-state index contributed by atoms with van der Waals surface area (Å²) >= 11 is 7.16. The maximum absolute atomic E-state index is 8.65. The summed E-state index contributed by atoms with van der Waals surface area (Å²) < 4.78 is 0.668. The van der Waals surface area contributed by atoms with Gasteiger partial charge in [0.05, 0.1) is 17.0 Å². The smallest absolute Gasteiger partial charge is 0.0977 e. The Hall–Kier alpha value is -0.0900. The number of thiophene rings is 1. The third-order valence-corrected chi connectivity index (χ3v) is 2.44. The molecule has 0 aliphatic carbocycles. The van der Waals surface area contributed by atoms with Crippen molar-refractivity contribution in [3.8, 4) is 0 Å². The first kappa shape index (κ1) is 8.01. The summed E-state index contributed by atoms with van der Waals surface area (Å²) in [6, 6.07) is 1.49. The topological polar surface area (TPSA) is 46.2 Å². The predicted molar refractivity (Wildman–Crippen MR) is 43.3 cm³/mol. The van der Waals surface area contributed by atoms with Crippen molar-refractivity contribution in [1.82, 2.24) is 0 Å². The van der Waals surface area contributed by atoms with Gasteiger partial charge in [-0.3, -0.25) is 0 Å². The molecule has 1 aromatic heterocycles. The minimum Gasteiger partial charge on any atom is -0.394 e. The van der Waals surface area contributed by atoms with E-state index < -0.39 is 0 Å². The Morgan fingerprint density at radius 1 is 1.80 bits per heavy atom. The van der Waals surface area contributed by atoms with E-state index in [1.165, 1.54) is 11.3 Å². The highest BCUT2D eigenvalue weighted by atomic mass is 35.5. The molecule has 0 saturated carbocycles. The van der Waals surface area contributed by atoms with Gasteiger partial charge in [-0.25, -0.2) is 0 Å². The fourth-order valence-corrected chi connectivity index (χ4v) is 1.72. The van der Waals surface area contributed by atoms with Crippen molar-refractivity contribution >= 4 is 22.9 Å². The molecule has 0 aromatic carbocycles. The Morgan fingerprint density at radius 3 is 2.90 bits per heavy atom. The second-order valence-electron chi connectivity index (χ2n) is 1.94. The van der Waals surface area contributed by atoms with Crippen LogP contribution in [0.15, 0.2) is 11.4 Å². The lowest BCUT2D eigenvalue weighted by atomic mass is 10.2. The molecule has 56 valence electrons. The number of hydrogen-bond acceptors (Lipinski definition) is 3. The van der Waals surface area contributed by atoms with E-state index in [1.54, 1.807) is 0 Å². The van der Waals surface area contributed by atoms with Crippen LogP contribution in [0.1, 0.15) is 11.6 Å². The van der Waals surface area contributed by atoms with Crippen molar-refractivity contribution in [2.24, 2.45) is 5.73 Å². The second kappa shape index (κ2) is 3.34. The first-order chi connectivity index (χ1) is 4.75. The van der Waals surface area contributed by atoms with E-state index >= 15 is 0 Å². The van der Waals surface area contributed by atoms with Gasteiger partial charge in [0.25, 0.3) is 0 Å². The Labute approximate surface area is 68.2 Å². The molecule has 0 aliphatic heterocycles.